The molecule has 4 aromatic heterocycles. The number of carbonyl (C=O) groups excluding carboxylic acids is 1. The third-order valence-electron chi connectivity index (χ3n) is 5.57. The fourth-order valence-electron chi connectivity index (χ4n) is 3.87. The van der Waals surface area contributed by atoms with Gasteiger partial charge >= 0.3 is 5.63 Å². The summed E-state index contributed by atoms with van der Waals surface area (Å²) in [7, 11) is 0. The van der Waals surface area contributed by atoms with Crippen LogP contribution < -0.4 is 10.9 Å². The number of fused-ring (bicyclic) bond motifs is 2. The Morgan fingerprint density at radius 1 is 0.919 bits per heavy atom. The fraction of sp³-hybridized carbons (Fsp3) is 0. The van der Waals surface area contributed by atoms with Gasteiger partial charge in [-0.3, -0.25) is 9.78 Å². The summed E-state index contributed by atoms with van der Waals surface area (Å²) in [4.78, 5) is 29.9. The zero-order valence-corrected chi connectivity index (χ0v) is 21.9. The van der Waals surface area contributed by atoms with Gasteiger partial charge in [-0.15, -0.1) is 10.2 Å². The van der Waals surface area contributed by atoms with Crippen molar-refractivity contribution in [2.75, 3.05) is 5.32 Å². The lowest BCUT2D eigenvalue weighted by Gasteiger charge is -2.08. The van der Waals surface area contributed by atoms with E-state index in [2.05, 4.69) is 52.4 Å². The number of amides is 1. The molecule has 0 unspecified atom stereocenters. The second kappa shape index (κ2) is 9.34. The Hall–Kier alpha value is -4.22. The van der Waals surface area contributed by atoms with E-state index in [4.69, 9.17) is 9.52 Å². The number of hydrogen-bond donors (Lipinski definition) is 1. The molecule has 37 heavy (non-hydrogen) atoms. The van der Waals surface area contributed by atoms with Crippen molar-refractivity contribution in [3.63, 3.8) is 0 Å². The van der Waals surface area contributed by atoms with Crippen molar-refractivity contribution in [2.45, 2.75) is 0 Å². The molecular formula is C26H14Br2N6O3. The first kappa shape index (κ1) is 23.2. The third-order valence-corrected chi connectivity index (χ3v) is 6.62. The topological polar surface area (TPSA) is 115 Å². The number of rotatable bonds is 4. The molecule has 9 nitrogen and oxygen atoms in total. The van der Waals surface area contributed by atoms with Gasteiger partial charge in [-0.2, -0.15) is 9.61 Å². The third kappa shape index (κ3) is 4.43. The normalized spacial score (nSPS) is 11.2. The number of halogens is 2. The molecule has 180 valence electrons. The predicted octanol–water partition coefficient (Wildman–Crippen LogP) is 5.74. The van der Waals surface area contributed by atoms with Crippen molar-refractivity contribution < 1.29 is 9.21 Å². The number of nitrogens with one attached hydrogen (secondary N) is 1. The summed E-state index contributed by atoms with van der Waals surface area (Å²) in [6.45, 7) is 0. The molecule has 0 bridgehead atoms. The van der Waals surface area contributed by atoms with Crippen molar-refractivity contribution in [3.8, 4) is 22.8 Å². The van der Waals surface area contributed by atoms with Crippen LogP contribution in [-0.4, -0.2) is 30.7 Å². The monoisotopic (exact) mass is 616 g/mol. The number of nitrogens with zero attached hydrogens (tertiary/aromatic N) is 5. The van der Waals surface area contributed by atoms with E-state index in [-0.39, 0.29) is 5.56 Å². The van der Waals surface area contributed by atoms with Crippen LogP contribution in [-0.2, 0) is 0 Å². The first-order chi connectivity index (χ1) is 18.0. The molecule has 1 N–H and O–H groups in total. The molecule has 0 atom stereocenters. The average molecular weight is 618 g/mol. The van der Waals surface area contributed by atoms with E-state index in [9.17, 15) is 9.59 Å². The number of benzene rings is 2. The minimum atomic E-state index is -0.731. The van der Waals surface area contributed by atoms with Crippen LogP contribution in [0.4, 0.5) is 5.69 Å². The zero-order valence-electron chi connectivity index (χ0n) is 18.7. The largest absolute Gasteiger partial charge is 0.421 e. The highest BCUT2D eigenvalue weighted by atomic mass is 79.9. The summed E-state index contributed by atoms with van der Waals surface area (Å²) < 4.78 is 8.41. The van der Waals surface area contributed by atoms with E-state index in [0.717, 1.165) is 10.0 Å². The number of pyridine rings is 1. The smallest absolute Gasteiger partial charge is 0.349 e. The first-order valence-corrected chi connectivity index (χ1v) is 12.5. The Morgan fingerprint density at radius 3 is 2.65 bits per heavy atom. The SMILES string of the molecule is O=C(Nc1cccc(-c2ccc3nnc(-c4ccccn4)n3n2)c1)c1cc2cc(Br)cc(Br)c2oc1=O. The van der Waals surface area contributed by atoms with Crippen molar-refractivity contribution in [2.24, 2.45) is 0 Å². The number of carbonyl (C=O) groups is 1. The van der Waals surface area contributed by atoms with Crippen molar-refractivity contribution in [3.05, 3.63) is 104 Å². The highest BCUT2D eigenvalue weighted by Crippen LogP contribution is 2.28. The molecule has 0 saturated heterocycles. The highest BCUT2D eigenvalue weighted by Gasteiger charge is 2.17. The van der Waals surface area contributed by atoms with E-state index in [0.29, 0.717) is 44.0 Å². The molecule has 0 aliphatic heterocycles. The fourth-order valence-corrected chi connectivity index (χ4v) is 5.21. The minimum Gasteiger partial charge on any atom is -0.421 e. The Kier molecular flexibility index (Phi) is 5.85. The van der Waals surface area contributed by atoms with Crippen LogP contribution in [0.25, 0.3) is 39.4 Å². The van der Waals surface area contributed by atoms with Gasteiger partial charge in [0, 0.05) is 27.3 Å². The van der Waals surface area contributed by atoms with Crippen LogP contribution in [0.2, 0.25) is 0 Å². The van der Waals surface area contributed by atoms with Crippen molar-refractivity contribution in [1.29, 1.82) is 0 Å². The molecule has 2 aromatic carbocycles. The second-order valence-corrected chi connectivity index (χ2v) is 9.79. The van der Waals surface area contributed by atoms with Gasteiger partial charge in [0.25, 0.3) is 5.91 Å². The van der Waals surface area contributed by atoms with Crippen LogP contribution in [0.1, 0.15) is 10.4 Å². The summed E-state index contributed by atoms with van der Waals surface area (Å²) in [5, 5.41) is 16.5. The second-order valence-electron chi connectivity index (χ2n) is 8.02. The maximum Gasteiger partial charge on any atom is 0.349 e. The molecule has 0 aliphatic rings. The van der Waals surface area contributed by atoms with Gasteiger partial charge in [0.15, 0.2) is 11.2 Å². The molecule has 6 aromatic rings. The zero-order chi connectivity index (χ0) is 25.5. The molecular weight excluding hydrogens is 604 g/mol. The number of aromatic nitrogens is 5. The summed E-state index contributed by atoms with van der Waals surface area (Å²) in [5.74, 6) is -0.0632. The Labute approximate surface area is 225 Å². The molecule has 0 aliphatic carbocycles. The van der Waals surface area contributed by atoms with E-state index in [1.807, 2.05) is 36.4 Å². The average Bonchev–Trinajstić information content (AvgIpc) is 3.33. The van der Waals surface area contributed by atoms with E-state index in [1.165, 1.54) is 6.07 Å². The summed E-state index contributed by atoms with van der Waals surface area (Å²) >= 11 is 6.78. The molecule has 0 saturated carbocycles. The van der Waals surface area contributed by atoms with Crippen LogP contribution >= 0.6 is 31.9 Å². The minimum absolute atomic E-state index is 0.105. The summed E-state index contributed by atoms with van der Waals surface area (Å²) in [5.41, 5.74) is 2.64. The molecule has 0 spiro atoms. The molecule has 1 amide bonds. The van der Waals surface area contributed by atoms with Gasteiger partial charge in [0.1, 0.15) is 11.3 Å². The van der Waals surface area contributed by atoms with Gasteiger partial charge in [-0.1, -0.05) is 34.1 Å². The van der Waals surface area contributed by atoms with E-state index >= 15 is 0 Å². The molecule has 0 radical (unpaired) electrons. The highest BCUT2D eigenvalue weighted by molar-refractivity contribution is 9.11. The van der Waals surface area contributed by atoms with Gasteiger partial charge in [0.2, 0.25) is 5.82 Å². The Balaban J connectivity index is 1.33. The van der Waals surface area contributed by atoms with Crippen molar-refractivity contribution >= 4 is 60.1 Å². The lowest BCUT2D eigenvalue weighted by molar-refractivity contribution is 0.102. The molecule has 11 heteroatoms. The maximum atomic E-state index is 13.0. The van der Waals surface area contributed by atoms with E-state index < -0.39 is 11.5 Å². The Bertz CT molecular complexity index is 1890. The van der Waals surface area contributed by atoms with Crippen LogP contribution in [0.3, 0.4) is 0 Å². The first-order valence-electron chi connectivity index (χ1n) is 10.9. The quantitative estimate of drug-likeness (QED) is 0.251. The van der Waals surface area contributed by atoms with Crippen molar-refractivity contribution in [1.82, 2.24) is 24.8 Å². The van der Waals surface area contributed by atoms with Crippen LogP contribution in [0.15, 0.2) is 97.2 Å². The van der Waals surface area contributed by atoms with E-state index in [1.54, 1.807) is 41.0 Å². The van der Waals surface area contributed by atoms with Gasteiger partial charge in [-0.05, 0) is 70.5 Å². The van der Waals surface area contributed by atoms with Crippen LogP contribution in [0.5, 0.6) is 0 Å². The molecule has 4 heterocycles. The standard InChI is InChI=1S/C26H14Br2N6O3/c27-16-10-15-12-18(26(36)37-23(15)19(28)13-16)25(35)30-17-5-3-4-14(11-17)20-7-8-22-31-32-24(34(22)33-20)21-6-1-2-9-29-21/h1-13H,(H,30,35). The number of anilines is 1. The lowest BCUT2D eigenvalue weighted by Crippen LogP contribution is -2.20. The van der Waals surface area contributed by atoms with Gasteiger partial charge in [0.05, 0.1) is 10.2 Å². The predicted molar refractivity (Wildman–Crippen MR) is 145 cm³/mol. The van der Waals surface area contributed by atoms with Crippen LogP contribution in [0, 0.1) is 0 Å². The summed E-state index contributed by atoms with van der Waals surface area (Å²) in [6, 6.07) is 21.4. The maximum absolute atomic E-state index is 13.0. The van der Waals surface area contributed by atoms with Gasteiger partial charge < -0.3 is 9.73 Å². The number of hydrogen-bond acceptors (Lipinski definition) is 7. The Morgan fingerprint density at radius 2 is 1.81 bits per heavy atom. The molecule has 6 rings (SSSR count). The van der Waals surface area contributed by atoms with Gasteiger partial charge in [-0.25, -0.2) is 4.79 Å². The lowest BCUT2D eigenvalue weighted by atomic mass is 10.1. The molecule has 0 fully saturated rings. The summed E-state index contributed by atoms with van der Waals surface area (Å²) in [6.07, 6.45) is 1.68.